The lowest BCUT2D eigenvalue weighted by molar-refractivity contribution is -0.218. The van der Waals surface area contributed by atoms with E-state index in [-0.39, 0.29) is 0 Å². The van der Waals surface area contributed by atoms with Gasteiger partial charge in [0.1, 0.15) is 5.75 Å². The van der Waals surface area contributed by atoms with Gasteiger partial charge in [-0.15, -0.1) is 0 Å². The molecule has 0 radical (unpaired) electrons. The number of aliphatic hydroxyl groups excluding tert-OH is 1. The summed E-state index contributed by atoms with van der Waals surface area (Å²) in [5.41, 5.74) is 1.23. The molecule has 0 aliphatic heterocycles. The van der Waals surface area contributed by atoms with Crippen LogP contribution in [0.4, 0.5) is 0 Å². The summed E-state index contributed by atoms with van der Waals surface area (Å²) in [6.45, 7) is 3.75. The molecule has 1 N–H and O–H groups in total. The second kappa shape index (κ2) is 9.16. The molecule has 0 bridgehead atoms. The van der Waals surface area contributed by atoms with Crippen molar-refractivity contribution in [2.45, 2.75) is 71.2 Å². The van der Waals surface area contributed by atoms with Gasteiger partial charge < -0.3 is 14.6 Å². The first kappa shape index (κ1) is 17.3. The van der Waals surface area contributed by atoms with E-state index in [2.05, 4.69) is 19.9 Å². The Balaban J connectivity index is 1.73. The number of hydrogen-bond donors (Lipinski definition) is 1. The Labute approximate surface area is 134 Å². The molecule has 1 aliphatic carbocycles. The summed E-state index contributed by atoms with van der Waals surface area (Å²) in [6.07, 6.45) is 8.76. The van der Waals surface area contributed by atoms with E-state index in [0.29, 0.717) is 18.3 Å². The number of rotatable bonds is 8. The first-order chi connectivity index (χ1) is 10.7. The Bertz CT molecular complexity index is 426. The maximum Gasteiger partial charge on any atom is 0.313 e. The third-order valence-electron chi connectivity index (χ3n) is 4.79. The van der Waals surface area contributed by atoms with Gasteiger partial charge in [0.05, 0.1) is 6.61 Å². The molecular formula is C19H30O3. The Morgan fingerprint density at radius 1 is 1.23 bits per heavy atom. The molecule has 1 aromatic carbocycles. The van der Waals surface area contributed by atoms with Gasteiger partial charge in [-0.05, 0) is 42.4 Å². The zero-order chi connectivity index (χ0) is 15.8. The average molecular weight is 306 g/mol. The van der Waals surface area contributed by atoms with Crippen molar-refractivity contribution in [2.24, 2.45) is 5.92 Å². The second-order valence-electron chi connectivity index (χ2n) is 6.47. The van der Waals surface area contributed by atoms with Crippen LogP contribution in [0.5, 0.6) is 5.75 Å². The number of aliphatic hydroxyl groups is 1. The molecular weight excluding hydrogens is 276 g/mol. The van der Waals surface area contributed by atoms with E-state index in [9.17, 15) is 5.11 Å². The van der Waals surface area contributed by atoms with Gasteiger partial charge in [0.25, 0.3) is 0 Å². The molecule has 0 saturated heterocycles. The molecule has 1 aliphatic rings. The van der Waals surface area contributed by atoms with Gasteiger partial charge in [0, 0.05) is 0 Å². The molecule has 2 atom stereocenters. The highest BCUT2D eigenvalue weighted by atomic mass is 16.8. The summed E-state index contributed by atoms with van der Waals surface area (Å²) < 4.78 is 10.9. The van der Waals surface area contributed by atoms with Crippen molar-refractivity contribution >= 4 is 0 Å². The SMILES string of the molecule is CCC(C)c1cccc(OC(O)OCCC2CCCCC2)c1. The van der Waals surface area contributed by atoms with Crippen LogP contribution in [0.25, 0.3) is 0 Å². The van der Waals surface area contributed by atoms with Crippen molar-refractivity contribution in [1.29, 1.82) is 0 Å². The smallest absolute Gasteiger partial charge is 0.313 e. The molecule has 1 aromatic rings. The predicted octanol–water partition coefficient (Wildman–Crippen LogP) is 4.84. The monoisotopic (exact) mass is 306 g/mol. The molecule has 3 nitrogen and oxygen atoms in total. The number of benzene rings is 1. The fourth-order valence-electron chi connectivity index (χ4n) is 3.09. The Morgan fingerprint density at radius 3 is 2.73 bits per heavy atom. The Kier molecular flexibility index (Phi) is 7.20. The molecule has 0 aromatic heterocycles. The van der Waals surface area contributed by atoms with Crippen LogP contribution >= 0.6 is 0 Å². The minimum absolute atomic E-state index is 0.493. The zero-order valence-corrected chi connectivity index (χ0v) is 14.0. The van der Waals surface area contributed by atoms with Crippen LogP contribution in [0.3, 0.4) is 0 Å². The highest BCUT2D eigenvalue weighted by Crippen LogP contribution is 2.26. The molecule has 0 spiro atoms. The number of ether oxygens (including phenoxy) is 2. The second-order valence-corrected chi connectivity index (χ2v) is 6.47. The molecule has 2 rings (SSSR count). The van der Waals surface area contributed by atoms with E-state index in [0.717, 1.165) is 18.8 Å². The topological polar surface area (TPSA) is 38.7 Å². The fourth-order valence-corrected chi connectivity index (χ4v) is 3.09. The van der Waals surface area contributed by atoms with Gasteiger partial charge in [-0.25, -0.2) is 0 Å². The normalized spacial score (nSPS) is 18.9. The first-order valence-corrected chi connectivity index (χ1v) is 8.75. The lowest BCUT2D eigenvalue weighted by Crippen LogP contribution is -2.21. The standard InChI is InChI=1S/C19H30O3/c1-3-15(2)17-10-7-11-18(14-17)22-19(20)21-13-12-16-8-5-4-6-9-16/h7,10-11,14-16,19-20H,3-6,8-9,12-13H2,1-2H3. The summed E-state index contributed by atoms with van der Waals surface area (Å²) in [7, 11) is 0. The van der Waals surface area contributed by atoms with Crippen LogP contribution in [0.2, 0.25) is 0 Å². The first-order valence-electron chi connectivity index (χ1n) is 8.75. The van der Waals surface area contributed by atoms with Crippen molar-refractivity contribution in [2.75, 3.05) is 6.61 Å². The minimum Gasteiger partial charge on any atom is -0.441 e. The highest BCUT2D eigenvalue weighted by Gasteiger charge is 2.14. The van der Waals surface area contributed by atoms with E-state index in [1.807, 2.05) is 18.2 Å². The van der Waals surface area contributed by atoms with Crippen LogP contribution in [0.15, 0.2) is 24.3 Å². The van der Waals surface area contributed by atoms with Crippen LogP contribution in [-0.2, 0) is 4.74 Å². The maximum absolute atomic E-state index is 9.87. The van der Waals surface area contributed by atoms with E-state index in [1.54, 1.807) is 0 Å². The average Bonchev–Trinajstić information content (AvgIpc) is 2.55. The fraction of sp³-hybridized carbons (Fsp3) is 0.684. The maximum atomic E-state index is 9.87. The quantitative estimate of drug-likeness (QED) is 0.698. The Morgan fingerprint density at radius 2 is 2.00 bits per heavy atom. The van der Waals surface area contributed by atoms with Crippen LogP contribution in [0.1, 0.15) is 70.3 Å². The van der Waals surface area contributed by atoms with Gasteiger partial charge in [0.15, 0.2) is 0 Å². The molecule has 1 fully saturated rings. The molecule has 0 amide bonds. The van der Waals surface area contributed by atoms with E-state index >= 15 is 0 Å². The van der Waals surface area contributed by atoms with E-state index in [1.165, 1.54) is 37.7 Å². The van der Waals surface area contributed by atoms with Gasteiger partial charge in [-0.1, -0.05) is 58.1 Å². The highest BCUT2D eigenvalue weighted by molar-refractivity contribution is 5.30. The van der Waals surface area contributed by atoms with Crippen molar-refractivity contribution in [3.63, 3.8) is 0 Å². The van der Waals surface area contributed by atoms with Crippen LogP contribution in [0, 0.1) is 5.92 Å². The molecule has 2 unspecified atom stereocenters. The molecule has 0 heterocycles. The van der Waals surface area contributed by atoms with Gasteiger partial charge in [-0.3, -0.25) is 0 Å². The summed E-state index contributed by atoms with van der Waals surface area (Å²) in [5.74, 6) is 1.92. The molecule has 1 saturated carbocycles. The van der Waals surface area contributed by atoms with Crippen molar-refractivity contribution in [1.82, 2.24) is 0 Å². The summed E-state index contributed by atoms with van der Waals surface area (Å²) >= 11 is 0. The molecule has 22 heavy (non-hydrogen) atoms. The van der Waals surface area contributed by atoms with Gasteiger partial charge in [-0.2, -0.15) is 0 Å². The summed E-state index contributed by atoms with van der Waals surface area (Å²) in [6, 6.07) is 7.91. The van der Waals surface area contributed by atoms with Crippen LogP contribution in [-0.4, -0.2) is 18.2 Å². The lowest BCUT2D eigenvalue weighted by atomic mass is 9.87. The summed E-state index contributed by atoms with van der Waals surface area (Å²) in [4.78, 5) is 0. The Hall–Kier alpha value is -1.06. The van der Waals surface area contributed by atoms with Crippen molar-refractivity contribution in [3.8, 4) is 5.75 Å². The lowest BCUT2D eigenvalue weighted by Gasteiger charge is -2.22. The minimum atomic E-state index is -1.17. The third-order valence-corrected chi connectivity index (χ3v) is 4.79. The molecule has 124 valence electrons. The van der Waals surface area contributed by atoms with E-state index in [4.69, 9.17) is 9.47 Å². The third kappa shape index (κ3) is 5.62. The van der Waals surface area contributed by atoms with Crippen LogP contribution < -0.4 is 4.74 Å². The van der Waals surface area contributed by atoms with Gasteiger partial charge >= 0.3 is 6.48 Å². The van der Waals surface area contributed by atoms with Crippen molar-refractivity contribution in [3.05, 3.63) is 29.8 Å². The number of hydrogen-bond acceptors (Lipinski definition) is 3. The largest absolute Gasteiger partial charge is 0.441 e. The summed E-state index contributed by atoms with van der Waals surface area (Å²) in [5, 5.41) is 9.87. The van der Waals surface area contributed by atoms with Gasteiger partial charge in [0.2, 0.25) is 0 Å². The van der Waals surface area contributed by atoms with Crippen molar-refractivity contribution < 1.29 is 14.6 Å². The zero-order valence-electron chi connectivity index (χ0n) is 14.0. The van der Waals surface area contributed by atoms with E-state index < -0.39 is 6.48 Å². The molecule has 3 heteroatoms. The predicted molar refractivity (Wildman–Crippen MR) is 88.9 cm³/mol.